The molecule has 2 nitrogen and oxygen atoms in total. The van der Waals surface area contributed by atoms with Gasteiger partial charge in [-0.2, -0.15) is 0 Å². The summed E-state index contributed by atoms with van der Waals surface area (Å²) < 4.78 is 0.933. The Morgan fingerprint density at radius 2 is 1.68 bits per heavy atom. The molecule has 3 heteroatoms. The van der Waals surface area contributed by atoms with E-state index >= 15 is 0 Å². The summed E-state index contributed by atoms with van der Waals surface area (Å²) in [6, 6.07) is 17.9. The summed E-state index contributed by atoms with van der Waals surface area (Å²) in [6.45, 7) is 1.61. The zero-order chi connectivity index (χ0) is 13.7. The van der Waals surface area contributed by atoms with E-state index in [2.05, 4.69) is 20.9 Å². The van der Waals surface area contributed by atoms with E-state index in [1.165, 1.54) is 0 Å². The Morgan fingerprint density at radius 1 is 1.05 bits per heavy atom. The summed E-state index contributed by atoms with van der Waals surface area (Å²) in [5.41, 5.74) is 3.10. The van der Waals surface area contributed by atoms with Crippen LogP contribution in [0, 0.1) is 0 Å². The number of hydrogen-bond donors (Lipinski definition) is 1. The molecule has 2 rings (SSSR count). The quantitative estimate of drug-likeness (QED) is 0.859. The van der Waals surface area contributed by atoms with Crippen LogP contribution >= 0.6 is 0 Å². The van der Waals surface area contributed by atoms with Gasteiger partial charge in [0.2, 0.25) is 0 Å². The van der Waals surface area contributed by atoms with Crippen molar-refractivity contribution in [3.8, 4) is 0 Å². The fourth-order valence-electron chi connectivity index (χ4n) is 1.88. The number of para-hydroxylation sites is 1. The molecule has 0 fully saturated rings. The molecule has 1 N–H and O–H groups in total. The van der Waals surface area contributed by atoms with E-state index in [4.69, 9.17) is 0 Å². The molecule has 0 aliphatic carbocycles. The number of carbonyl (C=O) groups is 1. The number of ketones is 1. The zero-order valence-electron chi connectivity index (χ0n) is 10.7. The first-order valence-corrected chi connectivity index (χ1v) is 6.96. The number of rotatable bonds is 5. The maximum atomic E-state index is 11.3. The third kappa shape index (κ3) is 3.88. The van der Waals surface area contributed by atoms with Crippen LogP contribution in [0.5, 0.6) is 0 Å². The summed E-state index contributed by atoms with van der Waals surface area (Å²) in [7, 11) is 0. The van der Waals surface area contributed by atoms with Crippen LogP contribution in [0.1, 0.15) is 18.1 Å². The molecule has 2 aromatic carbocycles. The van der Waals surface area contributed by atoms with Crippen molar-refractivity contribution < 1.29 is 4.79 Å². The van der Waals surface area contributed by atoms with Crippen molar-refractivity contribution in [1.29, 1.82) is 0 Å². The molecule has 96 valence electrons. The van der Waals surface area contributed by atoms with Crippen molar-refractivity contribution in [1.82, 2.24) is 0 Å². The Bertz CT molecular complexity index is 593. The number of benzene rings is 2. The Labute approximate surface area is 121 Å². The first-order chi connectivity index (χ1) is 9.16. The molecule has 0 radical (unpaired) electrons. The van der Waals surface area contributed by atoms with Crippen LogP contribution in [0.15, 0.2) is 54.6 Å². The van der Waals surface area contributed by atoms with E-state index in [9.17, 15) is 4.79 Å². The van der Waals surface area contributed by atoms with Gasteiger partial charge >= 0.3 is 121 Å². The van der Waals surface area contributed by atoms with Gasteiger partial charge in [0.25, 0.3) is 0 Å². The summed E-state index contributed by atoms with van der Waals surface area (Å²) in [6.07, 6.45) is 0.456. The molecule has 0 bridgehead atoms. The fourth-order valence-corrected chi connectivity index (χ4v) is 2.55. The number of hydrogen-bond acceptors (Lipinski definition) is 2. The molecule has 0 amide bonds. The molecule has 0 spiro atoms. The van der Waals surface area contributed by atoms with Crippen molar-refractivity contribution in [2.45, 2.75) is 13.3 Å². The van der Waals surface area contributed by atoms with Crippen LogP contribution in [-0.4, -0.2) is 25.9 Å². The van der Waals surface area contributed by atoms with Gasteiger partial charge in [0.15, 0.2) is 0 Å². The minimum atomic E-state index is 0.167. The molecule has 0 aliphatic rings. The second-order valence-electron chi connectivity index (χ2n) is 4.36. The van der Waals surface area contributed by atoms with E-state index in [1.54, 1.807) is 6.92 Å². The molecule has 19 heavy (non-hydrogen) atoms. The molecular weight excluding hydrogens is 301 g/mol. The second kappa shape index (κ2) is 6.46. The first kappa shape index (κ1) is 13.7. The van der Waals surface area contributed by atoms with Crippen molar-refractivity contribution in [2.75, 3.05) is 5.32 Å². The van der Waals surface area contributed by atoms with Crippen molar-refractivity contribution in [2.24, 2.45) is 0 Å². The van der Waals surface area contributed by atoms with Crippen LogP contribution in [0.3, 0.4) is 0 Å². The third-order valence-corrected chi connectivity index (χ3v) is 3.41. The van der Waals surface area contributed by atoms with Gasteiger partial charge in [-0.05, 0) is 0 Å². The average molecular weight is 316 g/mol. The van der Waals surface area contributed by atoms with Crippen LogP contribution in [0.4, 0.5) is 5.69 Å². The van der Waals surface area contributed by atoms with E-state index < -0.39 is 0 Å². The van der Waals surface area contributed by atoms with E-state index in [1.807, 2.05) is 54.6 Å². The number of Topliss-reactive ketones (excluding diaryl/α,β-unsaturated/α-hetero) is 1. The summed E-state index contributed by atoms with van der Waals surface area (Å²) in [5.74, 6) is 0.167. The molecule has 0 heterocycles. The van der Waals surface area contributed by atoms with Gasteiger partial charge in [-0.25, -0.2) is 0 Å². The average Bonchev–Trinajstić information content (AvgIpc) is 2.39. The summed E-state index contributed by atoms with van der Waals surface area (Å²) >= 11 is 3.05. The summed E-state index contributed by atoms with van der Waals surface area (Å²) in [4.78, 5) is 11.3. The van der Waals surface area contributed by atoms with E-state index in [0.29, 0.717) is 6.42 Å². The van der Waals surface area contributed by atoms with Gasteiger partial charge in [-0.15, -0.1) is 0 Å². The SMILES string of the molecule is CC(=O)Cc1ccccc1C(=[Se])Nc1ccccc1. The van der Waals surface area contributed by atoms with E-state index in [-0.39, 0.29) is 5.78 Å². The Balaban J connectivity index is 2.21. The standard InChI is InChI=1S/C16H15NOSe/c1-12(18)11-13-7-5-6-10-15(13)16(19)17-14-8-3-2-4-9-14/h2-10H,11H2,1H3,(H,17,19). The molecule has 0 saturated carbocycles. The Hall–Kier alpha value is -1.70. The van der Waals surface area contributed by atoms with Crippen molar-refractivity contribution >= 4 is 31.6 Å². The molecule has 0 aliphatic heterocycles. The number of carbonyl (C=O) groups excluding carboxylic acids is 1. The Kier molecular flexibility index (Phi) is 4.67. The van der Waals surface area contributed by atoms with Gasteiger partial charge in [0, 0.05) is 0 Å². The predicted octanol–water partition coefficient (Wildman–Crippen LogP) is 2.58. The monoisotopic (exact) mass is 317 g/mol. The van der Waals surface area contributed by atoms with Crippen LogP contribution < -0.4 is 5.32 Å². The predicted molar refractivity (Wildman–Crippen MR) is 80.8 cm³/mol. The number of anilines is 1. The van der Waals surface area contributed by atoms with E-state index in [0.717, 1.165) is 21.4 Å². The zero-order valence-corrected chi connectivity index (χ0v) is 12.4. The van der Waals surface area contributed by atoms with Gasteiger partial charge in [-0.3, -0.25) is 0 Å². The Morgan fingerprint density at radius 3 is 2.37 bits per heavy atom. The molecule has 0 unspecified atom stereocenters. The molecule has 0 saturated heterocycles. The van der Waals surface area contributed by atoms with Gasteiger partial charge in [0.1, 0.15) is 0 Å². The topological polar surface area (TPSA) is 29.1 Å². The van der Waals surface area contributed by atoms with Gasteiger partial charge in [-0.1, -0.05) is 0 Å². The second-order valence-corrected chi connectivity index (χ2v) is 5.21. The van der Waals surface area contributed by atoms with Crippen molar-refractivity contribution in [3.63, 3.8) is 0 Å². The molecule has 0 atom stereocenters. The fraction of sp³-hybridized carbons (Fsp3) is 0.125. The van der Waals surface area contributed by atoms with Crippen molar-refractivity contribution in [3.05, 3.63) is 65.7 Å². The number of nitrogens with one attached hydrogen (secondary N) is 1. The third-order valence-electron chi connectivity index (χ3n) is 2.73. The molecule has 2 aromatic rings. The normalized spacial score (nSPS) is 9.95. The van der Waals surface area contributed by atoms with Crippen LogP contribution in [-0.2, 0) is 11.2 Å². The summed E-state index contributed by atoms with van der Waals surface area (Å²) in [5, 5.41) is 3.32. The van der Waals surface area contributed by atoms with Crippen LogP contribution in [0.25, 0.3) is 0 Å². The maximum absolute atomic E-state index is 11.3. The van der Waals surface area contributed by atoms with Crippen LogP contribution in [0.2, 0.25) is 0 Å². The first-order valence-electron chi connectivity index (χ1n) is 6.10. The molecular formula is C16H15NOSe. The minimum absolute atomic E-state index is 0.167. The van der Waals surface area contributed by atoms with Gasteiger partial charge < -0.3 is 0 Å². The molecule has 0 aromatic heterocycles. The van der Waals surface area contributed by atoms with Gasteiger partial charge in [0.05, 0.1) is 0 Å².